The molecule has 3 heteroatoms. The van der Waals surface area contributed by atoms with Gasteiger partial charge in [-0.05, 0) is 29.5 Å². The van der Waals surface area contributed by atoms with E-state index in [-0.39, 0.29) is 5.56 Å². The Morgan fingerprint density at radius 2 is 1.74 bits per heavy atom. The smallest absolute Gasteiger partial charge is 0.264 e. The Morgan fingerprint density at radius 3 is 2.57 bits per heavy atom. The fourth-order valence-electron chi connectivity index (χ4n) is 3.49. The van der Waals surface area contributed by atoms with Crippen LogP contribution in [0.2, 0.25) is 0 Å². The van der Waals surface area contributed by atoms with E-state index in [1.165, 1.54) is 0 Å². The van der Waals surface area contributed by atoms with Crippen LogP contribution in [0.15, 0.2) is 53.3 Å². The SMILES string of the molecule is CC1C=Cc2nc3c4cccc5cccc(c(=O)n3c2C=C1)c54. The van der Waals surface area contributed by atoms with Gasteiger partial charge in [0.1, 0.15) is 5.65 Å². The highest BCUT2D eigenvalue weighted by Gasteiger charge is 2.18. The number of allylic oxidation sites excluding steroid dienone is 2. The van der Waals surface area contributed by atoms with Crippen molar-refractivity contribution in [3.8, 4) is 0 Å². The Morgan fingerprint density at radius 1 is 1.00 bits per heavy atom. The summed E-state index contributed by atoms with van der Waals surface area (Å²) in [5.74, 6) is 0.342. The molecule has 110 valence electrons. The van der Waals surface area contributed by atoms with Crippen molar-refractivity contribution in [1.29, 1.82) is 0 Å². The predicted octanol–water partition coefficient (Wildman–Crippen LogP) is 4.11. The first-order chi connectivity index (χ1) is 11.2. The lowest BCUT2D eigenvalue weighted by Crippen LogP contribution is -2.14. The summed E-state index contributed by atoms with van der Waals surface area (Å²) >= 11 is 0. The molecule has 1 aliphatic rings. The number of imidazole rings is 1. The first-order valence-corrected chi connectivity index (χ1v) is 7.80. The summed E-state index contributed by atoms with van der Waals surface area (Å²) < 4.78 is 1.76. The second-order valence-corrected chi connectivity index (χ2v) is 6.13. The Kier molecular flexibility index (Phi) is 2.35. The lowest BCUT2D eigenvalue weighted by atomic mass is 10.0. The maximum absolute atomic E-state index is 13.1. The molecule has 1 aliphatic carbocycles. The molecule has 23 heavy (non-hydrogen) atoms. The van der Waals surface area contributed by atoms with Crippen molar-refractivity contribution < 1.29 is 0 Å². The third-order valence-corrected chi connectivity index (χ3v) is 4.64. The van der Waals surface area contributed by atoms with Crippen LogP contribution in [-0.2, 0) is 0 Å². The van der Waals surface area contributed by atoms with E-state index >= 15 is 0 Å². The monoisotopic (exact) mass is 298 g/mol. The van der Waals surface area contributed by atoms with Crippen LogP contribution in [0.1, 0.15) is 18.3 Å². The number of pyridine rings is 1. The zero-order valence-electron chi connectivity index (χ0n) is 12.7. The van der Waals surface area contributed by atoms with E-state index in [2.05, 4.69) is 19.1 Å². The number of fused-ring (bicyclic) bond motifs is 4. The van der Waals surface area contributed by atoms with Crippen LogP contribution in [0.4, 0.5) is 0 Å². The Hall–Kier alpha value is -2.94. The van der Waals surface area contributed by atoms with Gasteiger partial charge in [0.2, 0.25) is 0 Å². The van der Waals surface area contributed by atoms with Gasteiger partial charge >= 0.3 is 0 Å². The summed E-state index contributed by atoms with van der Waals surface area (Å²) in [5, 5.41) is 3.87. The molecule has 5 rings (SSSR count). The Labute approximate surface area is 132 Å². The third kappa shape index (κ3) is 1.59. The molecule has 3 nitrogen and oxygen atoms in total. The van der Waals surface area contributed by atoms with Crippen LogP contribution in [0.25, 0.3) is 39.3 Å². The third-order valence-electron chi connectivity index (χ3n) is 4.64. The minimum absolute atomic E-state index is 0.00523. The van der Waals surface area contributed by atoms with Gasteiger partial charge in [-0.15, -0.1) is 0 Å². The normalized spacial score (nSPS) is 17.2. The average molecular weight is 298 g/mol. The highest BCUT2D eigenvalue weighted by Crippen LogP contribution is 2.30. The molecule has 0 aliphatic heterocycles. The molecule has 1 atom stereocenters. The van der Waals surface area contributed by atoms with Crippen molar-refractivity contribution in [2.75, 3.05) is 0 Å². The molecule has 0 bridgehead atoms. The summed E-state index contributed by atoms with van der Waals surface area (Å²) in [7, 11) is 0. The van der Waals surface area contributed by atoms with Crippen LogP contribution in [0, 0.1) is 5.92 Å². The van der Waals surface area contributed by atoms with E-state index < -0.39 is 0 Å². The molecular formula is C20H14N2O. The van der Waals surface area contributed by atoms with Crippen molar-refractivity contribution in [3.05, 3.63) is 70.3 Å². The van der Waals surface area contributed by atoms with Crippen molar-refractivity contribution >= 4 is 39.3 Å². The number of benzene rings is 2. The zero-order chi connectivity index (χ0) is 15.6. The second-order valence-electron chi connectivity index (χ2n) is 6.13. The number of nitrogens with zero attached hydrogens (tertiary/aromatic N) is 2. The number of aromatic nitrogens is 2. The molecule has 0 fully saturated rings. The molecule has 0 spiro atoms. The molecule has 0 amide bonds. The Balaban J connectivity index is 2.09. The van der Waals surface area contributed by atoms with E-state index in [0.29, 0.717) is 5.92 Å². The van der Waals surface area contributed by atoms with Gasteiger partial charge in [-0.3, -0.25) is 9.20 Å². The van der Waals surface area contributed by atoms with Crippen LogP contribution < -0.4 is 5.56 Å². The Bertz CT molecular complexity index is 1190. The van der Waals surface area contributed by atoms with Gasteiger partial charge in [0.25, 0.3) is 5.56 Å². The van der Waals surface area contributed by atoms with Gasteiger partial charge in [0, 0.05) is 16.2 Å². The topological polar surface area (TPSA) is 34.4 Å². The van der Waals surface area contributed by atoms with Gasteiger partial charge in [0.15, 0.2) is 0 Å². The molecule has 2 aromatic heterocycles. The van der Waals surface area contributed by atoms with Crippen LogP contribution in [0.5, 0.6) is 0 Å². The van der Waals surface area contributed by atoms with E-state index in [1.54, 1.807) is 4.40 Å². The minimum Gasteiger partial charge on any atom is -0.268 e. The van der Waals surface area contributed by atoms with Gasteiger partial charge < -0.3 is 0 Å². The average Bonchev–Trinajstić information content (AvgIpc) is 2.85. The molecule has 0 saturated heterocycles. The first-order valence-electron chi connectivity index (χ1n) is 7.80. The second kappa shape index (κ2) is 4.29. The minimum atomic E-state index is 0.00523. The molecule has 0 radical (unpaired) electrons. The summed E-state index contributed by atoms with van der Waals surface area (Å²) in [4.78, 5) is 17.9. The van der Waals surface area contributed by atoms with Crippen LogP contribution in [0.3, 0.4) is 0 Å². The number of hydrogen-bond donors (Lipinski definition) is 0. The molecular weight excluding hydrogens is 284 g/mol. The van der Waals surface area contributed by atoms with Crippen molar-refractivity contribution in [2.24, 2.45) is 5.92 Å². The predicted molar refractivity (Wildman–Crippen MR) is 94.9 cm³/mol. The van der Waals surface area contributed by atoms with Crippen molar-refractivity contribution in [2.45, 2.75) is 6.92 Å². The van der Waals surface area contributed by atoms with E-state index in [1.807, 2.05) is 48.6 Å². The van der Waals surface area contributed by atoms with E-state index in [9.17, 15) is 4.79 Å². The largest absolute Gasteiger partial charge is 0.268 e. The lowest BCUT2D eigenvalue weighted by molar-refractivity contribution is 0.952. The highest BCUT2D eigenvalue weighted by atomic mass is 16.1. The maximum Gasteiger partial charge on any atom is 0.264 e. The molecule has 0 saturated carbocycles. The zero-order valence-corrected chi connectivity index (χ0v) is 12.7. The van der Waals surface area contributed by atoms with E-state index in [0.717, 1.165) is 38.6 Å². The van der Waals surface area contributed by atoms with Crippen LogP contribution in [-0.4, -0.2) is 9.38 Å². The van der Waals surface area contributed by atoms with E-state index in [4.69, 9.17) is 4.98 Å². The summed E-state index contributed by atoms with van der Waals surface area (Å²) in [6.07, 6.45) is 8.25. The van der Waals surface area contributed by atoms with Gasteiger partial charge in [-0.2, -0.15) is 0 Å². The maximum atomic E-state index is 13.1. The molecule has 2 aromatic carbocycles. The number of rotatable bonds is 0. The first kappa shape index (κ1) is 12.6. The summed E-state index contributed by atoms with van der Waals surface area (Å²) in [5.41, 5.74) is 2.48. The van der Waals surface area contributed by atoms with Gasteiger partial charge in [0.05, 0.1) is 11.4 Å². The standard InChI is InChI=1S/C20H14N2O/c1-12-8-10-16-17(11-9-12)22-19(21-16)14-6-2-4-13-5-3-7-15(18(13)14)20(22)23/h2-12H,1H3. The lowest BCUT2D eigenvalue weighted by Gasteiger charge is -2.07. The number of hydrogen-bond acceptors (Lipinski definition) is 2. The molecule has 4 aromatic rings. The molecule has 0 N–H and O–H groups in total. The summed E-state index contributed by atoms with van der Waals surface area (Å²) in [6.45, 7) is 2.12. The fourth-order valence-corrected chi connectivity index (χ4v) is 3.49. The van der Waals surface area contributed by atoms with Gasteiger partial charge in [-0.1, -0.05) is 49.4 Å². The van der Waals surface area contributed by atoms with Crippen LogP contribution >= 0.6 is 0 Å². The highest BCUT2D eigenvalue weighted by molar-refractivity contribution is 6.14. The van der Waals surface area contributed by atoms with Crippen molar-refractivity contribution in [1.82, 2.24) is 9.38 Å². The molecule has 1 unspecified atom stereocenters. The van der Waals surface area contributed by atoms with Gasteiger partial charge in [-0.25, -0.2) is 4.98 Å². The summed E-state index contributed by atoms with van der Waals surface area (Å²) in [6, 6.07) is 12.0. The fraction of sp³-hybridized carbons (Fsp3) is 0.100. The quantitative estimate of drug-likeness (QED) is 0.489. The van der Waals surface area contributed by atoms with Crippen molar-refractivity contribution in [3.63, 3.8) is 0 Å². The molecule has 2 heterocycles.